The number of alkyl carbamates (subject to hydrolysis) is 1. The molecule has 0 spiro atoms. The fraction of sp³-hybridized carbons (Fsp3) is 0.481. The average molecular weight is 580 g/mol. The maximum absolute atomic E-state index is 13.8. The molecule has 0 fully saturated rings. The minimum absolute atomic E-state index is 0.0126. The summed E-state index contributed by atoms with van der Waals surface area (Å²) in [4.78, 5) is 17.3. The molecule has 38 heavy (non-hydrogen) atoms. The first-order chi connectivity index (χ1) is 17.8. The van der Waals surface area contributed by atoms with E-state index in [1.165, 1.54) is 27.4 Å². The fourth-order valence-electron chi connectivity index (χ4n) is 3.90. The molecule has 0 bridgehead atoms. The monoisotopic (exact) mass is 579 g/mol. The van der Waals surface area contributed by atoms with Gasteiger partial charge in [0.1, 0.15) is 5.60 Å². The number of amides is 1. The van der Waals surface area contributed by atoms with Crippen molar-refractivity contribution >= 4 is 49.4 Å². The zero-order valence-electron chi connectivity index (χ0n) is 22.7. The Morgan fingerprint density at radius 1 is 1.16 bits per heavy atom. The summed E-state index contributed by atoms with van der Waals surface area (Å²) in [6.07, 6.45) is 0.377. The molecule has 11 heteroatoms. The second-order valence-corrected chi connectivity index (χ2v) is 14.6. The smallest absolute Gasteiger partial charge is 0.407 e. The molecule has 2 N–H and O–H groups in total. The number of nitrogens with one attached hydrogen (secondary N) is 1. The largest absolute Gasteiger partial charge is 0.444 e. The minimum Gasteiger partial charge on any atom is -0.444 e. The number of carbonyl (C=O) groups excluding carboxylic acids is 1. The van der Waals surface area contributed by atoms with Crippen LogP contribution in [0, 0.1) is 5.92 Å². The summed E-state index contributed by atoms with van der Waals surface area (Å²) in [5, 5.41) is 14.1. The molecule has 3 aromatic rings. The Morgan fingerprint density at radius 2 is 1.84 bits per heavy atom. The third-order valence-electron chi connectivity index (χ3n) is 5.58. The number of benzene rings is 2. The van der Waals surface area contributed by atoms with E-state index in [2.05, 4.69) is 10.3 Å². The lowest BCUT2D eigenvalue weighted by Gasteiger charge is -2.31. The molecule has 208 valence electrons. The van der Waals surface area contributed by atoms with Gasteiger partial charge in [-0.1, -0.05) is 55.9 Å². The Balaban J connectivity index is 1.89. The second-order valence-electron chi connectivity index (χ2n) is 10.5. The summed E-state index contributed by atoms with van der Waals surface area (Å²) >= 11 is 2.96. The van der Waals surface area contributed by atoms with E-state index < -0.39 is 33.9 Å². The highest BCUT2D eigenvalue weighted by Gasteiger charge is 2.32. The van der Waals surface area contributed by atoms with E-state index in [0.29, 0.717) is 6.42 Å². The lowest BCUT2D eigenvalue weighted by Crippen LogP contribution is -2.51. The highest BCUT2D eigenvalue weighted by atomic mass is 32.2. The number of fused-ring (bicyclic) bond motifs is 1. The SMILES string of the molecule is CSc1nc2ccc(S(=O)(=O)N(CC(C)C)C[C@@H](O)[C@H](Cc3ccccc3)NC(=O)OC(C)(C)C)cc2s1. The van der Waals surface area contributed by atoms with Gasteiger partial charge in [0.2, 0.25) is 10.0 Å². The summed E-state index contributed by atoms with van der Waals surface area (Å²) in [5.74, 6) is 0.0126. The number of ether oxygens (including phenoxy) is 1. The van der Waals surface area contributed by atoms with Crippen LogP contribution in [0.15, 0.2) is 57.8 Å². The van der Waals surface area contributed by atoms with Gasteiger partial charge in [0.05, 0.1) is 27.3 Å². The molecule has 0 aliphatic carbocycles. The lowest BCUT2D eigenvalue weighted by molar-refractivity contribution is 0.0400. The Labute approximate surface area is 233 Å². The van der Waals surface area contributed by atoms with Gasteiger partial charge in [-0.15, -0.1) is 11.3 Å². The van der Waals surface area contributed by atoms with Gasteiger partial charge in [0.15, 0.2) is 4.34 Å². The highest BCUT2D eigenvalue weighted by Crippen LogP contribution is 2.31. The summed E-state index contributed by atoms with van der Waals surface area (Å²) < 4.78 is 36.0. The maximum Gasteiger partial charge on any atom is 0.407 e. The Kier molecular flexibility index (Phi) is 10.2. The third-order valence-corrected chi connectivity index (χ3v) is 9.41. The van der Waals surface area contributed by atoms with Gasteiger partial charge in [-0.05, 0) is 63.1 Å². The molecular weight excluding hydrogens is 543 g/mol. The number of hydrogen-bond donors (Lipinski definition) is 2. The van der Waals surface area contributed by atoms with Gasteiger partial charge in [0.25, 0.3) is 0 Å². The van der Waals surface area contributed by atoms with Crippen molar-refractivity contribution in [2.45, 2.75) is 68.0 Å². The topological polar surface area (TPSA) is 109 Å². The Bertz CT molecular complexity index is 1320. The first-order valence-electron chi connectivity index (χ1n) is 12.4. The van der Waals surface area contributed by atoms with Crippen molar-refractivity contribution < 1.29 is 23.1 Å². The van der Waals surface area contributed by atoms with Gasteiger partial charge in [-0.25, -0.2) is 18.2 Å². The molecule has 0 aliphatic rings. The van der Waals surface area contributed by atoms with Crippen LogP contribution in [0.3, 0.4) is 0 Å². The van der Waals surface area contributed by atoms with Gasteiger partial charge < -0.3 is 15.2 Å². The standard InChI is InChI=1S/C27H37N3O5S3/c1-18(2)16-30(38(33,34)20-12-13-21-24(15-20)37-26(29-21)36-6)17-23(31)22(14-19-10-8-7-9-11-19)28-25(32)35-27(3,4)5/h7-13,15,18,22-23,31H,14,16-17H2,1-6H3,(H,28,32)/t22-,23+/m0/s1. The van der Waals surface area contributed by atoms with E-state index in [0.717, 1.165) is 20.1 Å². The van der Waals surface area contributed by atoms with Crippen molar-refractivity contribution in [3.8, 4) is 0 Å². The summed E-state index contributed by atoms with van der Waals surface area (Å²) in [6, 6.07) is 13.6. The van der Waals surface area contributed by atoms with Crippen molar-refractivity contribution in [2.75, 3.05) is 19.3 Å². The van der Waals surface area contributed by atoms with Crippen LogP contribution in [0.4, 0.5) is 4.79 Å². The van der Waals surface area contributed by atoms with Crippen LogP contribution in [-0.4, -0.2) is 66.0 Å². The van der Waals surface area contributed by atoms with Gasteiger partial charge in [0, 0.05) is 13.1 Å². The summed E-state index contributed by atoms with van der Waals surface area (Å²) in [6.45, 7) is 9.14. The molecule has 0 saturated carbocycles. The molecule has 1 heterocycles. The van der Waals surface area contributed by atoms with Crippen molar-refractivity contribution in [3.05, 3.63) is 54.1 Å². The molecule has 1 amide bonds. The van der Waals surface area contributed by atoms with Crippen LogP contribution in [0.2, 0.25) is 0 Å². The fourth-order valence-corrected chi connectivity index (χ4v) is 7.16. The molecule has 1 aromatic heterocycles. The van der Waals surface area contributed by atoms with E-state index >= 15 is 0 Å². The number of nitrogens with zero attached hydrogens (tertiary/aromatic N) is 2. The number of aliphatic hydroxyl groups is 1. The summed E-state index contributed by atoms with van der Waals surface area (Å²) in [7, 11) is -3.94. The van der Waals surface area contributed by atoms with Gasteiger partial charge in [-0.2, -0.15) is 4.31 Å². The number of hydrogen-bond acceptors (Lipinski definition) is 8. The molecule has 2 atom stereocenters. The van der Waals surface area contributed by atoms with Crippen molar-refractivity contribution in [1.29, 1.82) is 0 Å². The normalized spacial score (nSPS) is 14.1. The van der Waals surface area contributed by atoms with Crippen LogP contribution < -0.4 is 5.32 Å². The van der Waals surface area contributed by atoms with Gasteiger partial charge >= 0.3 is 6.09 Å². The number of thioether (sulfide) groups is 1. The van der Waals surface area contributed by atoms with E-state index in [1.807, 2.05) is 50.4 Å². The van der Waals surface area contributed by atoms with Crippen LogP contribution >= 0.6 is 23.1 Å². The van der Waals surface area contributed by atoms with E-state index in [1.54, 1.807) is 39.0 Å². The number of sulfonamides is 1. The average Bonchev–Trinajstić information content (AvgIpc) is 3.25. The van der Waals surface area contributed by atoms with E-state index in [4.69, 9.17) is 4.74 Å². The molecule has 3 rings (SSSR count). The van der Waals surface area contributed by atoms with Crippen LogP contribution in [0.5, 0.6) is 0 Å². The van der Waals surface area contributed by atoms with Crippen LogP contribution in [0.25, 0.3) is 10.2 Å². The second kappa shape index (κ2) is 12.8. The minimum atomic E-state index is -3.94. The van der Waals surface area contributed by atoms with Crippen molar-refractivity contribution in [1.82, 2.24) is 14.6 Å². The maximum atomic E-state index is 13.8. The Morgan fingerprint density at radius 3 is 2.45 bits per heavy atom. The molecular formula is C27H37N3O5S3. The number of carbonyl (C=O) groups is 1. The summed E-state index contributed by atoms with van der Waals surface area (Å²) in [5.41, 5.74) is 0.925. The quantitative estimate of drug-likeness (QED) is 0.302. The van der Waals surface area contributed by atoms with Crippen LogP contribution in [0.1, 0.15) is 40.2 Å². The first kappa shape index (κ1) is 30.4. The van der Waals surface area contributed by atoms with Crippen LogP contribution in [-0.2, 0) is 21.2 Å². The number of aliphatic hydroxyl groups excluding tert-OH is 1. The third kappa shape index (κ3) is 8.41. The van der Waals surface area contributed by atoms with Gasteiger partial charge in [-0.3, -0.25) is 0 Å². The number of rotatable bonds is 11. The number of thiazole rings is 1. The van der Waals surface area contributed by atoms with E-state index in [9.17, 15) is 18.3 Å². The number of aromatic nitrogens is 1. The first-order valence-corrected chi connectivity index (χ1v) is 15.9. The zero-order chi connectivity index (χ0) is 28.1. The molecule has 0 radical (unpaired) electrons. The van der Waals surface area contributed by atoms with Crippen molar-refractivity contribution in [3.63, 3.8) is 0 Å². The van der Waals surface area contributed by atoms with E-state index in [-0.39, 0.29) is 23.9 Å². The lowest BCUT2D eigenvalue weighted by atomic mass is 10.0. The predicted molar refractivity (Wildman–Crippen MR) is 154 cm³/mol. The molecule has 2 aromatic carbocycles. The zero-order valence-corrected chi connectivity index (χ0v) is 25.1. The molecule has 8 nitrogen and oxygen atoms in total. The van der Waals surface area contributed by atoms with Crippen molar-refractivity contribution in [2.24, 2.45) is 5.92 Å². The molecule has 0 saturated heterocycles. The predicted octanol–water partition coefficient (Wildman–Crippen LogP) is 5.16. The molecule has 0 aliphatic heterocycles. The molecule has 0 unspecified atom stereocenters. The Hall–Kier alpha value is -2.18. The highest BCUT2D eigenvalue weighted by molar-refractivity contribution is 8.00.